The van der Waals surface area contributed by atoms with Gasteiger partial charge < -0.3 is 28.4 Å². The minimum atomic E-state index is -0.961. The summed E-state index contributed by atoms with van der Waals surface area (Å²) >= 11 is 0. The van der Waals surface area contributed by atoms with E-state index >= 15 is 0 Å². The van der Waals surface area contributed by atoms with E-state index in [-0.39, 0.29) is 102 Å². The fraction of sp³-hybridized carbons (Fsp3) is 0.882. The van der Waals surface area contributed by atoms with Crippen molar-refractivity contribution >= 4 is 35.8 Å². The molecule has 0 spiro atoms. The second-order valence-corrected chi connectivity index (χ2v) is 18.0. The fourth-order valence-electron chi connectivity index (χ4n) is 7.73. The molecule has 0 saturated carbocycles. The van der Waals surface area contributed by atoms with Crippen LogP contribution in [0.1, 0.15) is 233 Å². The van der Waals surface area contributed by atoms with Crippen molar-refractivity contribution in [1.82, 2.24) is 10.6 Å². The van der Waals surface area contributed by atoms with Gasteiger partial charge in [0.1, 0.15) is 26.4 Å². The zero-order valence-electron chi connectivity index (χ0n) is 41.4. The maximum absolute atomic E-state index is 13.3. The second-order valence-electron chi connectivity index (χ2n) is 18.0. The van der Waals surface area contributed by atoms with Gasteiger partial charge in [-0.1, -0.05) is 156 Å². The van der Waals surface area contributed by atoms with Gasteiger partial charge in [-0.25, -0.2) is 0 Å². The van der Waals surface area contributed by atoms with Gasteiger partial charge in [0.2, 0.25) is 0 Å². The van der Waals surface area contributed by atoms with Crippen molar-refractivity contribution in [2.75, 3.05) is 39.5 Å². The zero-order chi connectivity index (χ0) is 47.6. The molecule has 0 unspecified atom stereocenters. The lowest BCUT2D eigenvalue weighted by Crippen LogP contribution is -2.50. The summed E-state index contributed by atoms with van der Waals surface area (Å²) in [6.07, 6.45) is 24.4. The highest BCUT2D eigenvalue weighted by Crippen LogP contribution is 2.22. The largest absolute Gasteiger partial charge is 0.462 e. The van der Waals surface area contributed by atoms with E-state index in [9.17, 15) is 28.8 Å². The van der Waals surface area contributed by atoms with Crippen molar-refractivity contribution in [1.29, 1.82) is 0 Å². The van der Waals surface area contributed by atoms with Crippen LogP contribution in [0.5, 0.6) is 0 Å². The summed E-state index contributed by atoms with van der Waals surface area (Å²) in [6.45, 7) is 8.98. The second kappa shape index (κ2) is 41.0. The Morgan fingerprint density at radius 3 is 0.862 bits per heavy atom. The van der Waals surface area contributed by atoms with E-state index < -0.39 is 29.8 Å². The lowest BCUT2D eigenvalue weighted by atomic mass is 9.98. The quantitative estimate of drug-likeness (QED) is 0.0334. The smallest absolute Gasteiger partial charge is 0.306 e. The predicted molar refractivity (Wildman–Crippen MR) is 253 cm³/mol. The number of carbonyl (C=O) groups excluding carboxylic acids is 6. The number of carbonyl (C=O) groups is 6. The van der Waals surface area contributed by atoms with Crippen molar-refractivity contribution in [3.05, 3.63) is 0 Å². The molecule has 1 fully saturated rings. The lowest BCUT2D eigenvalue weighted by molar-refractivity contribution is -0.167. The third-order valence-electron chi connectivity index (χ3n) is 11.8. The van der Waals surface area contributed by atoms with Gasteiger partial charge in [0.05, 0.1) is 5.66 Å². The number of rotatable bonds is 44. The first-order valence-electron chi connectivity index (χ1n) is 26.1. The van der Waals surface area contributed by atoms with Gasteiger partial charge in [0, 0.05) is 51.6 Å². The maximum Gasteiger partial charge on any atom is 0.306 e. The van der Waals surface area contributed by atoms with E-state index in [4.69, 9.17) is 28.4 Å². The molecule has 0 radical (unpaired) electrons. The van der Waals surface area contributed by atoms with Crippen molar-refractivity contribution in [2.24, 2.45) is 0 Å². The minimum Gasteiger partial charge on any atom is -0.462 e. The SMILES string of the molecule is CCCCCCCCC(=O)OCC(COC(=O)CCCCCCCC)OC(=O)CCC1(CCC(=O)OC(COC(=O)CCCCCCCC)COC(=O)CCCCCCCC)NCCN1. The van der Waals surface area contributed by atoms with Crippen LogP contribution in [0.4, 0.5) is 0 Å². The molecule has 14 heteroatoms. The molecule has 0 aliphatic carbocycles. The predicted octanol–water partition coefficient (Wildman–Crippen LogP) is 10.4. The van der Waals surface area contributed by atoms with Crippen molar-refractivity contribution in [3.8, 4) is 0 Å². The Morgan fingerprint density at radius 1 is 0.354 bits per heavy atom. The highest BCUT2D eigenvalue weighted by atomic mass is 16.6. The third-order valence-corrected chi connectivity index (χ3v) is 11.8. The van der Waals surface area contributed by atoms with Crippen LogP contribution >= 0.6 is 0 Å². The van der Waals surface area contributed by atoms with Crippen molar-refractivity contribution < 1.29 is 57.2 Å². The number of hydrogen-bond donors (Lipinski definition) is 2. The summed E-state index contributed by atoms with van der Waals surface area (Å²) in [7, 11) is 0. The van der Waals surface area contributed by atoms with E-state index in [2.05, 4.69) is 38.3 Å². The molecular weight excluding hydrogens is 833 g/mol. The monoisotopic (exact) mass is 925 g/mol. The van der Waals surface area contributed by atoms with Crippen LogP contribution in [0.3, 0.4) is 0 Å². The Balaban J connectivity index is 2.79. The number of ether oxygens (including phenoxy) is 6. The van der Waals surface area contributed by atoms with E-state index in [1.807, 2.05) is 0 Å². The van der Waals surface area contributed by atoms with Gasteiger partial charge in [0.25, 0.3) is 0 Å². The Bertz CT molecular complexity index is 1110. The molecule has 1 heterocycles. The summed E-state index contributed by atoms with van der Waals surface area (Å²) in [4.78, 5) is 76.8. The molecule has 2 N–H and O–H groups in total. The van der Waals surface area contributed by atoms with Crippen LogP contribution in [0.15, 0.2) is 0 Å². The van der Waals surface area contributed by atoms with Gasteiger partial charge in [-0.05, 0) is 38.5 Å². The summed E-state index contributed by atoms with van der Waals surface area (Å²) in [5.74, 6) is -2.65. The zero-order valence-corrected chi connectivity index (χ0v) is 41.4. The van der Waals surface area contributed by atoms with Crippen molar-refractivity contribution in [3.63, 3.8) is 0 Å². The van der Waals surface area contributed by atoms with Crippen LogP contribution in [-0.2, 0) is 57.2 Å². The van der Waals surface area contributed by atoms with E-state index in [0.717, 1.165) is 128 Å². The molecule has 65 heavy (non-hydrogen) atoms. The first-order valence-corrected chi connectivity index (χ1v) is 26.1. The molecule has 1 aliphatic rings. The summed E-state index contributed by atoms with van der Waals surface area (Å²) in [5, 5.41) is 6.77. The Labute approximate surface area is 393 Å². The van der Waals surface area contributed by atoms with E-state index in [1.165, 1.54) is 25.7 Å². The number of unbranched alkanes of at least 4 members (excludes halogenated alkanes) is 20. The molecule has 0 aromatic carbocycles. The average Bonchev–Trinajstić information content (AvgIpc) is 3.77. The first-order chi connectivity index (χ1) is 31.6. The molecule has 1 aliphatic heterocycles. The van der Waals surface area contributed by atoms with Crippen LogP contribution in [-0.4, -0.2) is 93.2 Å². The first kappa shape index (κ1) is 59.8. The van der Waals surface area contributed by atoms with Crippen LogP contribution in [0.2, 0.25) is 0 Å². The molecule has 0 amide bonds. The van der Waals surface area contributed by atoms with E-state index in [0.29, 0.717) is 13.1 Å². The number of hydrogen-bond acceptors (Lipinski definition) is 14. The normalized spacial score (nSPS) is 13.2. The molecule has 378 valence electrons. The van der Waals surface area contributed by atoms with Gasteiger partial charge in [-0.3, -0.25) is 39.4 Å². The Hall–Kier alpha value is -3.26. The number of nitrogens with one attached hydrogen (secondary N) is 2. The molecule has 0 aromatic rings. The lowest BCUT2D eigenvalue weighted by Gasteiger charge is -2.30. The summed E-state index contributed by atoms with van der Waals surface area (Å²) in [6, 6.07) is 0. The van der Waals surface area contributed by atoms with Crippen LogP contribution in [0.25, 0.3) is 0 Å². The maximum atomic E-state index is 13.3. The molecule has 0 atom stereocenters. The molecule has 1 rings (SSSR count). The molecular formula is C51H92N2O12. The molecule has 0 bridgehead atoms. The van der Waals surface area contributed by atoms with Gasteiger partial charge in [-0.2, -0.15) is 0 Å². The highest BCUT2D eigenvalue weighted by Gasteiger charge is 2.35. The topological polar surface area (TPSA) is 182 Å². The Kier molecular flexibility index (Phi) is 37.7. The molecule has 0 aromatic heterocycles. The summed E-state index contributed by atoms with van der Waals surface area (Å²) < 4.78 is 33.4. The average molecular weight is 925 g/mol. The summed E-state index contributed by atoms with van der Waals surface area (Å²) in [5.41, 5.74) is -0.774. The molecule has 14 nitrogen and oxygen atoms in total. The van der Waals surface area contributed by atoms with E-state index in [1.54, 1.807) is 0 Å². The van der Waals surface area contributed by atoms with Gasteiger partial charge >= 0.3 is 35.8 Å². The minimum absolute atomic E-state index is 0.0330. The molecule has 1 saturated heterocycles. The Morgan fingerprint density at radius 2 is 0.600 bits per heavy atom. The van der Waals surface area contributed by atoms with Crippen LogP contribution in [0, 0.1) is 0 Å². The standard InChI is InChI=1S/C51H92N2O12/c1-5-9-13-17-21-25-29-45(54)60-39-43(40-61-46(55)30-26-22-18-14-10-6-2)64-49(58)33-35-51(52-37-38-53-51)36-34-50(59)65-44(41-62-47(56)31-27-23-19-15-11-7-3)42-63-48(57)32-28-24-20-16-12-8-4/h43-44,52-53H,5-42H2,1-4H3. The fourth-order valence-corrected chi connectivity index (χ4v) is 7.73. The third kappa shape index (κ3) is 34.7. The van der Waals surface area contributed by atoms with Gasteiger partial charge in [-0.15, -0.1) is 0 Å². The number of esters is 6. The highest BCUT2D eigenvalue weighted by molar-refractivity contribution is 5.72. The van der Waals surface area contributed by atoms with Crippen LogP contribution < -0.4 is 10.6 Å². The van der Waals surface area contributed by atoms with Crippen molar-refractivity contribution in [2.45, 2.75) is 251 Å². The van der Waals surface area contributed by atoms with Gasteiger partial charge in [0.15, 0.2) is 12.2 Å².